The molecule has 290 valence electrons. The van der Waals surface area contributed by atoms with Crippen LogP contribution in [0.1, 0.15) is 72.6 Å². The number of aliphatic imine (C=N–C) groups is 1. The molecule has 15 heteroatoms. The molecule has 6 rings (SSSR count). The summed E-state index contributed by atoms with van der Waals surface area (Å²) in [6, 6.07) is 5.77. The smallest absolute Gasteiger partial charge is 0.416 e. The summed E-state index contributed by atoms with van der Waals surface area (Å²) in [6.07, 6.45) is 4.30. The van der Waals surface area contributed by atoms with Gasteiger partial charge in [-0.15, -0.1) is 11.7 Å². The number of hydrogen-bond donors (Lipinski definition) is 2. The Balaban J connectivity index is 1.09. The number of amides is 3. The van der Waals surface area contributed by atoms with Gasteiger partial charge in [-0.1, -0.05) is 42.0 Å². The molecule has 4 aliphatic rings. The highest BCUT2D eigenvalue weighted by Crippen LogP contribution is 2.42. The van der Waals surface area contributed by atoms with Gasteiger partial charge in [-0.25, -0.2) is 9.69 Å². The molecule has 0 aliphatic carbocycles. The van der Waals surface area contributed by atoms with Crippen LogP contribution in [0.15, 0.2) is 53.6 Å². The van der Waals surface area contributed by atoms with Crippen molar-refractivity contribution in [2.75, 3.05) is 52.0 Å². The summed E-state index contributed by atoms with van der Waals surface area (Å²) in [5.74, 6) is 1.17. The van der Waals surface area contributed by atoms with Crippen LogP contribution in [0.2, 0.25) is 0 Å². The lowest BCUT2D eigenvalue weighted by Gasteiger charge is -2.31. The van der Waals surface area contributed by atoms with Gasteiger partial charge in [0.25, 0.3) is 11.8 Å². The number of thiol groups is 1. The normalized spacial score (nSPS) is 20.8. The van der Waals surface area contributed by atoms with Crippen molar-refractivity contribution in [2.45, 2.75) is 75.4 Å². The molecule has 13 nitrogen and oxygen atoms in total. The molecule has 3 amide bonds. The van der Waals surface area contributed by atoms with Crippen molar-refractivity contribution in [1.29, 1.82) is 0 Å². The maximum Gasteiger partial charge on any atom is 0.416 e. The summed E-state index contributed by atoms with van der Waals surface area (Å²) < 4.78 is 29.1. The predicted molar refractivity (Wildman–Crippen MR) is 211 cm³/mol. The molecular weight excluding hydrogens is 733 g/mol. The molecule has 4 aliphatic heterocycles. The zero-order valence-corrected chi connectivity index (χ0v) is 32.7. The number of aliphatic hydroxyl groups excluding tert-OH is 1. The van der Waals surface area contributed by atoms with E-state index in [0.29, 0.717) is 86.1 Å². The van der Waals surface area contributed by atoms with E-state index in [1.807, 2.05) is 6.92 Å². The number of methoxy groups -OCH3 is 2. The monoisotopic (exact) mass is 780 g/mol. The van der Waals surface area contributed by atoms with Gasteiger partial charge in [0.1, 0.15) is 0 Å². The van der Waals surface area contributed by atoms with Crippen LogP contribution in [0.4, 0.5) is 16.2 Å². The first-order valence-electron chi connectivity index (χ1n) is 18.2. The number of rotatable bonds is 15. The van der Waals surface area contributed by atoms with Crippen molar-refractivity contribution in [3.8, 4) is 23.0 Å². The molecule has 0 radical (unpaired) electrons. The van der Waals surface area contributed by atoms with Crippen LogP contribution in [0.5, 0.6) is 23.0 Å². The van der Waals surface area contributed by atoms with E-state index in [-0.39, 0.29) is 47.5 Å². The molecule has 4 heterocycles. The molecule has 2 saturated heterocycles. The molecule has 0 aromatic heterocycles. The Morgan fingerprint density at radius 3 is 2.20 bits per heavy atom. The van der Waals surface area contributed by atoms with Crippen molar-refractivity contribution in [3.63, 3.8) is 0 Å². The Kier molecular flexibility index (Phi) is 12.7. The highest BCUT2D eigenvalue weighted by molar-refractivity contribution is 8.68. The number of anilines is 1. The number of carbonyl (C=O) groups excluding carboxylic acids is 3. The lowest BCUT2D eigenvalue weighted by molar-refractivity contribution is 0.0489. The number of unbranched alkanes of at least 4 members (excludes halogenated alkanes) is 2. The number of hydrogen-bond acceptors (Lipinski definition) is 12. The molecule has 0 saturated carbocycles. The standard InChI is InChI=1S/C39H48N4O9S2/c1-23-14-26-20-40-29-18-34(32(48-4)16-27(29)36(44)41(26)21-23)50-11-7-6-8-12-51-35-19-30-28(17-33(35)49-5)37(45)42-22-24(2)15-31(42)38(46)43(30)39(47)52-13-9-10-25(3)54-53/h16-20,25-26,31,38,46,53H,1-2,6-15,21-22H2,3-5H3/t25-,26+,31+,38+/m1/s1. The average Bonchev–Trinajstić information content (AvgIpc) is 3.70. The van der Waals surface area contributed by atoms with E-state index in [0.717, 1.165) is 28.9 Å². The van der Waals surface area contributed by atoms with Gasteiger partial charge >= 0.3 is 6.09 Å². The first-order valence-corrected chi connectivity index (χ1v) is 20.1. The zero-order chi connectivity index (χ0) is 38.5. The lowest BCUT2D eigenvalue weighted by Crippen LogP contribution is -2.51. The summed E-state index contributed by atoms with van der Waals surface area (Å²) in [5.41, 5.74) is 3.19. The van der Waals surface area contributed by atoms with Crippen LogP contribution >= 0.6 is 22.5 Å². The third kappa shape index (κ3) is 8.32. The molecular formula is C39H48N4O9S2. The third-order valence-corrected chi connectivity index (χ3v) is 11.7. The SMILES string of the molecule is C=C1C[C@H]2C=Nc3cc(OCCCCCOc4cc5c(cc4OC)C(=O)N4CC(=C)C[C@H]4[C@H](O)N5C(=O)OCCC[C@@H](C)SS)c(OC)cc3C(=O)N2C1. The van der Waals surface area contributed by atoms with E-state index in [1.54, 1.807) is 47.4 Å². The topological polar surface area (TPSA) is 140 Å². The van der Waals surface area contributed by atoms with Gasteiger partial charge in [-0.3, -0.25) is 14.6 Å². The van der Waals surface area contributed by atoms with E-state index in [2.05, 4.69) is 29.8 Å². The first-order chi connectivity index (χ1) is 26.0. The summed E-state index contributed by atoms with van der Waals surface area (Å²) in [4.78, 5) is 49.7. The maximum absolute atomic E-state index is 13.8. The molecule has 0 spiro atoms. The molecule has 1 N–H and O–H groups in total. The molecule has 2 aromatic rings. The average molecular weight is 781 g/mol. The fraction of sp³-hybridized carbons (Fsp3) is 0.487. The predicted octanol–water partition coefficient (Wildman–Crippen LogP) is 6.61. The first kappa shape index (κ1) is 39.4. The van der Waals surface area contributed by atoms with Crippen LogP contribution in [0.25, 0.3) is 0 Å². The fourth-order valence-electron chi connectivity index (χ4n) is 7.19. The number of nitrogens with zero attached hydrogens (tertiary/aromatic N) is 4. The van der Waals surface area contributed by atoms with E-state index in [1.165, 1.54) is 17.9 Å². The molecule has 2 fully saturated rings. The molecule has 2 aromatic carbocycles. The number of benzene rings is 2. The van der Waals surface area contributed by atoms with Crippen LogP contribution < -0.4 is 23.8 Å². The summed E-state index contributed by atoms with van der Waals surface area (Å²) in [5, 5.41) is 11.9. The van der Waals surface area contributed by atoms with Crippen LogP contribution in [-0.4, -0.2) is 110 Å². The van der Waals surface area contributed by atoms with E-state index < -0.39 is 18.4 Å². The Hall–Kier alpha value is -4.34. The van der Waals surface area contributed by atoms with Crippen molar-refractivity contribution in [1.82, 2.24) is 9.80 Å². The second-order valence-corrected chi connectivity index (χ2v) is 15.6. The van der Waals surface area contributed by atoms with Gasteiger partial charge in [-0.2, -0.15) is 0 Å². The number of carbonyl (C=O) groups is 3. The Bertz CT molecular complexity index is 1820. The van der Waals surface area contributed by atoms with E-state index >= 15 is 0 Å². The third-order valence-electron chi connectivity index (χ3n) is 10.0. The fourth-order valence-corrected chi connectivity index (χ4v) is 7.78. The number of fused-ring (bicyclic) bond motifs is 4. The largest absolute Gasteiger partial charge is 0.493 e. The second-order valence-electron chi connectivity index (χ2n) is 13.9. The van der Waals surface area contributed by atoms with Gasteiger partial charge in [0, 0.05) is 36.7 Å². The van der Waals surface area contributed by atoms with Gasteiger partial charge in [0.15, 0.2) is 29.2 Å². The number of ether oxygens (including phenoxy) is 5. The number of aliphatic hydroxyl groups is 1. The molecule has 4 atom stereocenters. The highest BCUT2D eigenvalue weighted by Gasteiger charge is 2.46. The van der Waals surface area contributed by atoms with Gasteiger partial charge in [-0.05, 0) is 57.1 Å². The minimum Gasteiger partial charge on any atom is -0.493 e. The lowest BCUT2D eigenvalue weighted by atomic mass is 10.1. The quantitative estimate of drug-likeness (QED) is 0.0879. The minimum absolute atomic E-state index is 0.102. The zero-order valence-electron chi connectivity index (χ0n) is 31.0. The summed E-state index contributed by atoms with van der Waals surface area (Å²) in [6.45, 7) is 11.8. The summed E-state index contributed by atoms with van der Waals surface area (Å²) >= 11 is 4.24. The molecule has 0 unspecified atom stereocenters. The summed E-state index contributed by atoms with van der Waals surface area (Å²) in [7, 11) is 4.46. The molecule has 54 heavy (non-hydrogen) atoms. The van der Waals surface area contributed by atoms with E-state index in [4.69, 9.17) is 23.7 Å². The van der Waals surface area contributed by atoms with Crippen LogP contribution in [-0.2, 0) is 4.74 Å². The van der Waals surface area contributed by atoms with Gasteiger partial charge < -0.3 is 38.6 Å². The Morgan fingerprint density at radius 1 is 0.889 bits per heavy atom. The van der Waals surface area contributed by atoms with Crippen LogP contribution in [0, 0.1) is 0 Å². The Morgan fingerprint density at radius 2 is 1.52 bits per heavy atom. The van der Waals surface area contributed by atoms with Crippen molar-refractivity contribution in [3.05, 3.63) is 59.7 Å². The second kappa shape index (κ2) is 17.4. The maximum atomic E-state index is 13.8. The van der Waals surface area contributed by atoms with E-state index in [9.17, 15) is 19.5 Å². The van der Waals surface area contributed by atoms with Crippen molar-refractivity contribution < 1.29 is 43.2 Å². The van der Waals surface area contributed by atoms with Crippen LogP contribution in [0.3, 0.4) is 0 Å². The van der Waals surface area contributed by atoms with Crippen molar-refractivity contribution >= 4 is 58.0 Å². The Labute approximate surface area is 325 Å². The van der Waals surface area contributed by atoms with Gasteiger partial charge in [0.2, 0.25) is 0 Å². The molecule has 0 bridgehead atoms. The van der Waals surface area contributed by atoms with Crippen molar-refractivity contribution in [2.24, 2.45) is 4.99 Å². The highest BCUT2D eigenvalue weighted by atomic mass is 33.1. The van der Waals surface area contributed by atoms with Gasteiger partial charge in [0.05, 0.1) is 68.6 Å². The minimum atomic E-state index is -1.36.